The molecule has 0 atom stereocenters. The van der Waals surface area contributed by atoms with Gasteiger partial charge in [-0.25, -0.2) is 4.98 Å². The fraction of sp³-hybridized carbons (Fsp3) is 0.429. The van der Waals surface area contributed by atoms with Crippen LogP contribution in [0, 0.1) is 6.92 Å². The summed E-state index contributed by atoms with van der Waals surface area (Å²) in [5.74, 6) is 1.26. The number of pyridine rings is 1. The minimum Gasteiger partial charge on any atom is -0.353 e. The number of carbonyl (C=O) groups excluding carboxylic acids is 1. The smallest absolute Gasteiger partial charge is 0.227 e. The second kappa shape index (κ2) is 6.87. The number of amides is 1. The first-order valence-electron chi connectivity index (χ1n) is 9.25. The molecule has 25 heavy (non-hydrogen) atoms. The number of anilines is 1. The molecule has 4 rings (SSSR count). The Morgan fingerprint density at radius 1 is 1.04 bits per heavy atom. The molecule has 1 aromatic carbocycles. The minimum atomic E-state index is 0.245. The largest absolute Gasteiger partial charge is 0.353 e. The first-order chi connectivity index (χ1) is 12.2. The van der Waals surface area contributed by atoms with E-state index in [0.717, 1.165) is 37.6 Å². The van der Waals surface area contributed by atoms with E-state index in [0.29, 0.717) is 6.42 Å². The Morgan fingerprint density at radius 2 is 1.84 bits per heavy atom. The molecule has 1 aliphatic carbocycles. The maximum absolute atomic E-state index is 12.6. The number of fused-ring (bicyclic) bond motifs is 1. The number of benzene rings is 1. The lowest BCUT2D eigenvalue weighted by Crippen LogP contribution is -2.49. The Kier molecular flexibility index (Phi) is 4.43. The molecule has 1 amide bonds. The molecule has 1 aliphatic heterocycles. The van der Waals surface area contributed by atoms with Gasteiger partial charge in [0.15, 0.2) is 0 Å². The van der Waals surface area contributed by atoms with Crippen molar-refractivity contribution in [3.63, 3.8) is 0 Å². The van der Waals surface area contributed by atoms with Gasteiger partial charge in [0.2, 0.25) is 5.91 Å². The van der Waals surface area contributed by atoms with Crippen LogP contribution in [-0.4, -0.2) is 42.0 Å². The lowest BCUT2D eigenvalue weighted by Gasteiger charge is -2.35. The molecule has 0 spiro atoms. The lowest BCUT2D eigenvalue weighted by molar-refractivity contribution is -0.130. The molecular weight excluding hydrogens is 310 g/mol. The Balaban J connectivity index is 1.34. The fourth-order valence-corrected chi connectivity index (χ4v) is 3.85. The molecule has 130 valence electrons. The second-order valence-corrected chi connectivity index (χ2v) is 7.19. The minimum absolute atomic E-state index is 0.245. The van der Waals surface area contributed by atoms with Crippen molar-refractivity contribution >= 4 is 11.7 Å². The highest BCUT2D eigenvalue weighted by atomic mass is 16.2. The monoisotopic (exact) mass is 335 g/mol. The predicted octanol–water partition coefficient (Wildman–Crippen LogP) is 2.77. The summed E-state index contributed by atoms with van der Waals surface area (Å²) in [7, 11) is 0. The van der Waals surface area contributed by atoms with Crippen molar-refractivity contribution in [3.05, 3.63) is 58.8 Å². The summed E-state index contributed by atoms with van der Waals surface area (Å²) in [6, 6.07) is 10.7. The van der Waals surface area contributed by atoms with E-state index in [-0.39, 0.29) is 5.91 Å². The average molecular weight is 335 g/mol. The van der Waals surface area contributed by atoms with Crippen LogP contribution in [0.15, 0.2) is 36.5 Å². The number of aryl methyl sites for hydroxylation is 3. The molecule has 1 aromatic heterocycles. The summed E-state index contributed by atoms with van der Waals surface area (Å²) in [6.45, 7) is 5.31. The van der Waals surface area contributed by atoms with Crippen LogP contribution in [0.5, 0.6) is 0 Å². The molecule has 4 heteroatoms. The lowest BCUT2D eigenvalue weighted by atomic mass is 10.0. The van der Waals surface area contributed by atoms with E-state index in [4.69, 9.17) is 0 Å². The highest BCUT2D eigenvalue weighted by Crippen LogP contribution is 2.23. The average Bonchev–Trinajstić information content (AvgIpc) is 3.10. The number of rotatable bonds is 3. The van der Waals surface area contributed by atoms with Gasteiger partial charge in [-0.05, 0) is 54.5 Å². The zero-order chi connectivity index (χ0) is 17.2. The van der Waals surface area contributed by atoms with E-state index in [2.05, 4.69) is 40.2 Å². The molecule has 2 aromatic rings. The fourth-order valence-electron chi connectivity index (χ4n) is 3.85. The number of hydrogen-bond donors (Lipinski definition) is 0. The van der Waals surface area contributed by atoms with Crippen molar-refractivity contribution in [1.29, 1.82) is 0 Å². The summed E-state index contributed by atoms with van der Waals surface area (Å²) < 4.78 is 0. The summed E-state index contributed by atoms with van der Waals surface area (Å²) in [4.78, 5) is 21.4. The van der Waals surface area contributed by atoms with E-state index in [1.54, 1.807) is 0 Å². The molecule has 2 heterocycles. The third-order valence-corrected chi connectivity index (χ3v) is 5.37. The van der Waals surface area contributed by atoms with Crippen molar-refractivity contribution in [2.75, 3.05) is 31.1 Å². The molecule has 0 radical (unpaired) electrons. The van der Waals surface area contributed by atoms with E-state index in [1.165, 1.54) is 36.0 Å². The van der Waals surface area contributed by atoms with Crippen LogP contribution in [0.1, 0.15) is 28.7 Å². The van der Waals surface area contributed by atoms with Gasteiger partial charge in [0.1, 0.15) is 5.82 Å². The zero-order valence-electron chi connectivity index (χ0n) is 14.9. The van der Waals surface area contributed by atoms with Crippen LogP contribution < -0.4 is 4.90 Å². The van der Waals surface area contributed by atoms with Crippen LogP contribution in [0.3, 0.4) is 0 Å². The third-order valence-electron chi connectivity index (χ3n) is 5.37. The maximum atomic E-state index is 12.6. The summed E-state index contributed by atoms with van der Waals surface area (Å²) >= 11 is 0. The number of carbonyl (C=O) groups is 1. The van der Waals surface area contributed by atoms with Gasteiger partial charge in [-0.15, -0.1) is 0 Å². The van der Waals surface area contributed by atoms with Crippen LogP contribution in [-0.2, 0) is 24.1 Å². The first kappa shape index (κ1) is 16.1. The quantitative estimate of drug-likeness (QED) is 0.865. The van der Waals surface area contributed by atoms with Gasteiger partial charge < -0.3 is 9.80 Å². The number of aromatic nitrogens is 1. The number of piperazine rings is 1. The van der Waals surface area contributed by atoms with Crippen molar-refractivity contribution in [3.8, 4) is 0 Å². The molecule has 0 N–H and O–H groups in total. The number of hydrogen-bond acceptors (Lipinski definition) is 3. The molecule has 1 saturated heterocycles. The standard InChI is InChI=1S/C21H25N3O/c1-16-5-8-20(22-15-16)23-9-11-24(12-10-23)21(25)14-17-6-7-18-3-2-4-19(18)13-17/h5-8,13,15H,2-4,9-12,14H2,1H3. The third kappa shape index (κ3) is 3.53. The summed E-state index contributed by atoms with van der Waals surface area (Å²) in [5, 5.41) is 0. The first-order valence-corrected chi connectivity index (χ1v) is 9.25. The van der Waals surface area contributed by atoms with Crippen LogP contribution in [0.25, 0.3) is 0 Å². The molecule has 0 unspecified atom stereocenters. The Bertz CT molecular complexity index is 761. The van der Waals surface area contributed by atoms with Crippen molar-refractivity contribution in [2.45, 2.75) is 32.6 Å². The van der Waals surface area contributed by atoms with E-state index in [9.17, 15) is 4.79 Å². The van der Waals surface area contributed by atoms with Gasteiger partial charge in [0.05, 0.1) is 6.42 Å². The van der Waals surface area contributed by atoms with Gasteiger partial charge in [0, 0.05) is 32.4 Å². The molecule has 2 aliphatic rings. The van der Waals surface area contributed by atoms with Crippen molar-refractivity contribution < 1.29 is 4.79 Å². The van der Waals surface area contributed by atoms with Gasteiger partial charge in [-0.3, -0.25) is 4.79 Å². The highest BCUT2D eigenvalue weighted by molar-refractivity contribution is 5.79. The molecule has 4 nitrogen and oxygen atoms in total. The molecule has 0 saturated carbocycles. The maximum Gasteiger partial charge on any atom is 0.227 e. The predicted molar refractivity (Wildman–Crippen MR) is 99.9 cm³/mol. The van der Waals surface area contributed by atoms with Gasteiger partial charge >= 0.3 is 0 Å². The van der Waals surface area contributed by atoms with Crippen LogP contribution in [0.2, 0.25) is 0 Å². The second-order valence-electron chi connectivity index (χ2n) is 7.19. The summed E-state index contributed by atoms with van der Waals surface area (Å²) in [6.07, 6.45) is 6.04. The highest BCUT2D eigenvalue weighted by Gasteiger charge is 2.22. The normalized spacial score (nSPS) is 16.8. The molecular formula is C21H25N3O. The number of nitrogens with zero attached hydrogens (tertiary/aromatic N) is 3. The summed E-state index contributed by atoms with van der Waals surface area (Å²) in [5.41, 5.74) is 5.25. The van der Waals surface area contributed by atoms with Crippen LogP contribution in [0.4, 0.5) is 5.82 Å². The Labute approximate surface area is 149 Å². The van der Waals surface area contributed by atoms with Gasteiger partial charge in [-0.2, -0.15) is 0 Å². The SMILES string of the molecule is Cc1ccc(N2CCN(C(=O)Cc3ccc4c(c3)CCC4)CC2)nc1. The van der Waals surface area contributed by atoms with Crippen LogP contribution >= 0.6 is 0 Å². The molecule has 0 bridgehead atoms. The van der Waals surface area contributed by atoms with E-state index < -0.39 is 0 Å². The Hall–Kier alpha value is -2.36. The topological polar surface area (TPSA) is 36.4 Å². The van der Waals surface area contributed by atoms with E-state index in [1.807, 2.05) is 18.0 Å². The zero-order valence-corrected chi connectivity index (χ0v) is 14.9. The van der Waals surface area contributed by atoms with Crippen molar-refractivity contribution in [1.82, 2.24) is 9.88 Å². The van der Waals surface area contributed by atoms with E-state index >= 15 is 0 Å². The Morgan fingerprint density at radius 3 is 2.60 bits per heavy atom. The van der Waals surface area contributed by atoms with Gasteiger partial charge in [0.25, 0.3) is 0 Å². The molecule has 1 fully saturated rings. The van der Waals surface area contributed by atoms with Gasteiger partial charge in [-0.1, -0.05) is 24.3 Å². The van der Waals surface area contributed by atoms with Crippen molar-refractivity contribution in [2.24, 2.45) is 0 Å².